The minimum atomic E-state index is -3.15. The van der Waals surface area contributed by atoms with Crippen LogP contribution in [-0.2, 0) is 16.4 Å². The number of rotatable bonds is 5. The Labute approximate surface area is 178 Å². The van der Waals surface area contributed by atoms with Crippen LogP contribution in [0.1, 0.15) is 57.9 Å². The lowest BCUT2D eigenvalue weighted by atomic mass is 9.95. The third-order valence-electron chi connectivity index (χ3n) is 6.84. The number of hydrogen-bond donors (Lipinski definition) is 3. The van der Waals surface area contributed by atoms with Gasteiger partial charge in [0, 0.05) is 30.9 Å². The van der Waals surface area contributed by atoms with E-state index in [9.17, 15) is 18.6 Å². The van der Waals surface area contributed by atoms with Gasteiger partial charge in [-0.25, -0.2) is 17.7 Å². The van der Waals surface area contributed by atoms with Gasteiger partial charge in [-0.1, -0.05) is 0 Å². The summed E-state index contributed by atoms with van der Waals surface area (Å²) in [6.07, 6.45) is 6.29. The monoisotopic (exact) mass is 439 g/mol. The second kappa shape index (κ2) is 8.22. The second-order valence-electron chi connectivity index (χ2n) is 8.95. The summed E-state index contributed by atoms with van der Waals surface area (Å²) in [6, 6.07) is -0.0697. The average Bonchev–Trinajstić information content (AvgIpc) is 3.07. The number of piperidine rings is 1. The zero-order chi connectivity index (χ0) is 21.5. The number of aliphatic hydroxyl groups excluding tert-OH is 1. The number of nitrogens with zero attached hydrogens (tertiary/aromatic N) is 4. The fourth-order valence-corrected chi connectivity index (χ4v) is 6.13. The number of aromatic nitrogens is 2. The van der Waals surface area contributed by atoms with Crippen LogP contribution in [0.5, 0.6) is 0 Å². The van der Waals surface area contributed by atoms with Crippen LogP contribution in [0, 0.1) is 0 Å². The molecule has 0 radical (unpaired) electrons. The molecular formula is C20H33N5O4S. The quantitative estimate of drug-likeness (QED) is 0.624. The molecule has 0 aromatic carbocycles. The van der Waals surface area contributed by atoms with E-state index < -0.39 is 21.9 Å². The summed E-state index contributed by atoms with van der Waals surface area (Å²) in [5.74, 6) is 1.31. The van der Waals surface area contributed by atoms with Gasteiger partial charge in [0.1, 0.15) is 12.0 Å². The molecule has 30 heavy (non-hydrogen) atoms. The van der Waals surface area contributed by atoms with Crippen molar-refractivity contribution in [2.75, 3.05) is 29.1 Å². The van der Waals surface area contributed by atoms with E-state index in [2.05, 4.69) is 10.3 Å². The number of sulfonamides is 1. The van der Waals surface area contributed by atoms with E-state index in [1.54, 1.807) is 11.2 Å². The van der Waals surface area contributed by atoms with Gasteiger partial charge >= 0.3 is 0 Å². The summed E-state index contributed by atoms with van der Waals surface area (Å²) < 4.78 is 25.7. The maximum atomic E-state index is 12.1. The summed E-state index contributed by atoms with van der Waals surface area (Å²) >= 11 is 0. The molecular weight excluding hydrogens is 406 g/mol. The Balaban J connectivity index is 1.50. The molecule has 1 unspecified atom stereocenters. The van der Waals surface area contributed by atoms with Gasteiger partial charge in [0.25, 0.3) is 0 Å². The number of nitrogens with one attached hydrogen (secondary N) is 1. The lowest BCUT2D eigenvalue weighted by Gasteiger charge is -2.43. The van der Waals surface area contributed by atoms with E-state index >= 15 is 0 Å². The highest BCUT2D eigenvalue weighted by Gasteiger charge is 2.45. The average molecular weight is 440 g/mol. The van der Waals surface area contributed by atoms with Gasteiger partial charge < -0.3 is 20.4 Å². The molecule has 1 aliphatic carbocycles. The van der Waals surface area contributed by atoms with Crippen molar-refractivity contribution in [3.8, 4) is 0 Å². The summed E-state index contributed by atoms with van der Waals surface area (Å²) in [4.78, 5) is 11.1. The molecule has 1 saturated carbocycles. The number of hydrogen-bond acceptors (Lipinski definition) is 8. The first-order chi connectivity index (χ1) is 14.2. The predicted octanol–water partition coefficient (Wildman–Crippen LogP) is 1.08. The molecule has 3 aliphatic rings. The molecule has 0 amide bonds. The molecule has 1 aromatic heterocycles. The third kappa shape index (κ3) is 4.15. The zero-order valence-corrected chi connectivity index (χ0v) is 18.6. The standard InChI is InChI=1S/C20H33N5O4S/c1-3-30(28,29)24-11-8-15(9-12-24)22-19-21-13-14-6-7-17(26)25(18(14)23-19)16-5-4-10-20(16,2)27/h13,15-17,26-27H,3-12H2,1-2H3,(H,21,22,23)/t16-,17?,20-/m1/s1. The third-order valence-corrected chi connectivity index (χ3v) is 8.72. The molecule has 3 N–H and O–H groups in total. The Morgan fingerprint density at radius 1 is 1.27 bits per heavy atom. The van der Waals surface area contributed by atoms with Crippen molar-refractivity contribution in [1.82, 2.24) is 14.3 Å². The summed E-state index contributed by atoms with van der Waals surface area (Å²) in [6.45, 7) is 4.50. The maximum absolute atomic E-state index is 12.1. The molecule has 9 nitrogen and oxygen atoms in total. The zero-order valence-electron chi connectivity index (χ0n) is 17.8. The number of anilines is 2. The summed E-state index contributed by atoms with van der Waals surface area (Å²) in [5, 5.41) is 24.9. The molecule has 0 spiro atoms. The van der Waals surface area contributed by atoms with Crippen LogP contribution < -0.4 is 10.2 Å². The van der Waals surface area contributed by atoms with Gasteiger partial charge in [-0.15, -0.1) is 0 Å². The summed E-state index contributed by atoms with van der Waals surface area (Å²) in [7, 11) is -3.15. The highest BCUT2D eigenvalue weighted by atomic mass is 32.2. The van der Waals surface area contributed by atoms with E-state index in [4.69, 9.17) is 4.98 Å². The van der Waals surface area contributed by atoms with E-state index in [0.29, 0.717) is 57.0 Å². The Morgan fingerprint density at radius 3 is 2.63 bits per heavy atom. The first-order valence-electron chi connectivity index (χ1n) is 11.0. The van der Waals surface area contributed by atoms with Crippen LogP contribution >= 0.6 is 0 Å². The van der Waals surface area contributed by atoms with E-state index in [-0.39, 0.29) is 17.8 Å². The SMILES string of the molecule is CCS(=O)(=O)N1CCC(Nc2ncc3c(n2)N([C@@H]2CCC[C@@]2(C)O)C(O)CC3)CC1. The van der Waals surface area contributed by atoms with Gasteiger partial charge in [0.15, 0.2) is 0 Å². The fourth-order valence-electron chi connectivity index (χ4n) is 5.00. The molecule has 2 fully saturated rings. The highest BCUT2D eigenvalue weighted by Crippen LogP contribution is 2.40. The van der Waals surface area contributed by atoms with Crippen molar-refractivity contribution >= 4 is 21.8 Å². The smallest absolute Gasteiger partial charge is 0.224 e. The van der Waals surface area contributed by atoms with Crippen LogP contribution in [0.25, 0.3) is 0 Å². The Morgan fingerprint density at radius 2 is 2.00 bits per heavy atom. The number of aliphatic hydroxyl groups is 2. The van der Waals surface area contributed by atoms with E-state index in [1.807, 2.05) is 18.0 Å². The minimum Gasteiger partial charge on any atom is -0.388 e. The molecule has 4 rings (SSSR count). The van der Waals surface area contributed by atoms with Crippen LogP contribution in [0.3, 0.4) is 0 Å². The van der Waals surface area contributed by atoms with Crippen molar-refractivity contribution in [3.05, 3.63) is 11.8 Å². The molecule has 10 heteroatoms. The van der Waals surface area contributed by atoms with Crippen molar-refractivity contribution in [2.45, 2.75) is 82.7 Å². The number of fused-ring (bicyclic) bond motifs is 1. The topological polar surface area (TPSA) is 119 Å². The Kier molecular flexibility index (Phi) is 5.95. The van der Waals surface area contributed by atoms with Crippen LogP contribution in [0.15, 0.2) is 6.20 Å². The largest absolute Gasteiger partial charge is 0.388 e. The fraction of sp³-hybridized carbons (Fsp3) is 0.800. The molecule has 1 saturated heterocycles. The highest BCUT2D eigenvalue weighted by molar-refractivity contribution is 7.89. The van der Waals surface area contributed by atoms with Crippen molar-refractivity contribution in [2.24, 2.45) is 0 Å². The molecule has 2 aliphatic heterocycles. The van der Waals surface area contributed by atoms with Gasteiger partial charge in [-0.05, 0) is 58.8 Å². The molecule has 0 bridgehead atoms. The van der Waals surface area contributed by atoms with Gasteiger partial charge in [0.2, 0.25) is 16.0 Å². The minimum absolute atomic E-state index is 0.0999. The van der Waals surface area contributed by atoms with Crippen LogP contribution in [0.2, 0.25) is 0 Å². The predicted molar refractivity (Wildman–Crippen MR) is 115 cm³/mol. The van der Waals surface area contributed by atoms with E-state index in [0.717, 1.165) is 18.4 Å². The Bertz CT molecular complexity index is 870. The number of aryl methyl sites for hydroxylation is 1. The van der Waals surface area contributed by atoms with Crippen molar-refractivity contribution in [1.29, 1.82) is 0 Å². The van der Waals surface area contributed by atoms with Gasteiger partial charge in [0.05, 0.1) is 17.4 Å². The van der Waals surface area contributed by atoms with Gasteiger partial charge in [-0.3, -0.25) is 0 Å². The van der Waals surface area contributed by atoms with Gasteiger partial charge in [-0.2, -0.15) is 4.98 Å². The molecule has 168 valence electrons. The first kappa shape index (κ1) is 21.7. The first-order valence-corrected chi connectivity index (χ1v) is 12.6. The molecule has 1 aromatic rings. The van der Waals surface area contributed by atoms with Crippen molar-refractivity contribution in [3.63, 3.8) is 0 Å². The molecule has 3 atom stereocenters. The van der Waals surface area contributed by atoms with Crippen LogP contribution in [-0.4, -0.2) is 75.7 Å². The lowest BCUT2D eigenvalue weighted by Crippen LogP contribution is -2.54. The van der Waals surface area contributed by atoms with Crippen molar-refractivity contribution < 1.29 is 18.6 Å². The summed E-state index contributed by atoms with van der Waals surface area (Å²) in [5.41, 5.74) is 0.128. The normalized spacial score (nSPS) is 31.0. The van der Waals surface area contributed by atoms with E-state index in [1.165, 1.54) is 0 Å². The lowest BCUT2D eigenvalue weighted by molar-refractivity contribution is 0.0278. The Hall–Kier alpha value is -1.49. The second-order valence-corrected chi connectivity index (χ2v) is 11.2. The maximum Gasteiger partial charge on any atom is 0.224 e. The molecule has 3 heterocycles. The van der Waals surface area contributed by atoms with Crippen LogP contribution in [0.4, 0.5) is 11.8 Å².